The van der Waals surface area contributed by atoms with Crippen molar-refractivity contribution in [3.05, 3.63) is 0 Å². The zero-order chi connectivity index (χ0) is 12.8. The van der Waals surface area contributed by atoms with E-state index >= 15 is 0 Å². The Labute approximate surface area is 105 Å². The molecule has 0 aromatic carbocycles. The van der Waals surface area contributed by atoms with E-state index in [4.69, 9.17) is 5.11 Å². The Balaban J connectivity index is 2.48. The molecule has 1 unspecified atom stereocenters. The molecule has 1 fully saturated rings. The van der Waals surface area contributed by atoms with Gasteiger partial charge in [-0.15, -0.1) is 0 Å². The fourth-order valence-electron chi connectivity index (χ4n) is 2.87. The molecule has 4 heteroatoms. The van der Waals surface area contributed by atoms with Crippen LogP contribution < -0.4 is 0 Å². The summed E-state index contributed by atoms with van der Waals surface area (Å²) in [6.45, 7) is 10.7. The van der Waals surface area contributed by atoms with Crippen LogP contribution in [-0.2, 0) is 4.79 Å². The Morgan fingerprint density at radius 2 is 2.00 bits per heavy atom. The second-order valence-electron chi connectivity index (χ2n) is 4.94. The predicted octanol–water partition coefficient (Wildman–Crippen LogP) is 1.66. The first kappa shape index (κ1) is 14.5. The van der Waals surface area contributed by atoms with E-state index < -0.39 is 5.97 Å². The number of hydrogen-bond acceptors (Lipinski definition) is 3. The highest BCUT2D eigenvalue weighted by molar-refractivity contribution is 5.67. The van der Waals surface area contributed by atoms with Crippen LogP contribution in [-0.4, -0.2) is 59.1 Å². The van der Waals surface area contributed by atoms with Crippen LogP contribution in [0.3, 0.4) is 0 Å². The van der Waals surface area contributed by atoms with Gasteiger partial charge in [0, 0.05) is 12.1 Å². The minimum atomic E-state index is -0.693. The molecule has 1 saturated heterocycles. The zero-order valence-corrected chi connectivity index (χ0v) is 11.4. The van der Waals surface area contributed by atoms with Crippen LogP contribution in [0.4, 0.5) is 0 Å². The average molecular weight is 242 g/mol. The van der Waals surface area contributed by atoms with Gasteiger partial charge in [0.05, 0.1) is 6.42 Å². The fraction of sp³-hybridized carbons (Fsp3) is 0.923. The first-order valence-electron chi connectivity index (χ1n) is 6.78. The molecule has 1 aliphatic rings. The highest BCUT2D eigenvalue weighted by Crippen LogP contribution is 2.19. The van der Waals surface area contributed by atoms with E-state index in [1.165, 1.54) is 12.8 Å². The highest BCUT2D eigenvalue weighted by atomic mass is 16.4. The standard InChI is InChI=1S/C13H26N2O2/c1-4-14-8-6-12(7-9-14)15(5-2)11(3)10-13(16)17/h11-12H,4-10H2,1-3H3,(H,16,17). The third kappa shape index (κ3) is 4.28. The SMILES string of the molecule is CCN1CCC(N(CC)C(C)CC(=O)O)CC1. The second-order valence-corrected chi connectivity index (χ2v) is 4.94. The summed E-state index contributed by atoms with van der Waals surface area (Å²) in [6.07, 6.45) is 2.60. The molecule has 17 heavy (non-hydrogen) atoms. The quantitative estimate of drug-likeness (QED) is 0.769. The van der Waals surface area contributed by atoms with Gasteiger partial charge in [-0.05, 0) is 45.9 Å². The van der Waals surface area contributed by atoms with Crippen molar-refractivity contribution in [3.8, 4) is 0 Å². The number of nitrogens with zero attached hydrogens (tertiary/aromatic N) is 2. The Morgan fingerprint density at radius 3 is 2.41 bits per heavy atom. The summed E-state index contributed by atoms with van der Waals surface area (Å²) in [6, 6.07) is 0.716. The number of carboxylic acid groups (broad SMARTS) is 1. The van der Waals surface area contributed by atoms with Crippen molar-refractivity contribution in [1.29, 1.82) is 0 Å². The van der Waals surface area contributed by atoms with Gasteiger partial charge in [-0.3, -0.25) is 9.69 Å². The maximum absolute atomic E-state index is 10.8. The molecule has 0 aliphatic carbocycles. The van der Waals surface area contributed by atoms with Crippen molar-refractivity contribution in [2.24, 2.45) is 0 Å². The number of carboxylic acids is 1. The number of hydrogen-bond donors (Lipinski definition) is 1. The summed E-state index contributed by atoms with van der Waals surface area (Å²) >= 11 is 0. The Hall–Kier alpha value is -0.610. The Kier molecular flexibility index (Phi) is 5.92. The Bertz CT molecular complexity index is 238. The first-order valence-corrected chi connectivity index (χ1v) is 6.78. The lowest BCUT2D eigenvalue weighted by molar-refractivity contribution is -0.138. The highest BCUT2D eigenvalue weighted by Gasteiger charge is 2.26. The number of carbonyl (C=O) groups is 1. The molecule has 0 saturated carbocycles. The van der Waals surface area contributed by atoms with E-state index in [1.54, 1.807) is 0 Å². The van der Waals surface area contributed by atoms with Gasteiger partial charge < -0.3 is 10.0 Å². The van der Waals surface area contributed by atoms with Crippen molar-refractivity contribution < 1.29 is 9.90 Å². The number of likely N-dealkylation sites (tertiary alicyclic amines) is 1. The third-order valence-corrected chi connectivity index (χ3v) is 3.87. The molecule has 1 heterocycles. The van der Waals surface area contributed by atoms with Gasteiger partial charge >= 0.3 is 5.97 Å². The normalized spacial score (nSPS) is 20.7. The summed E-state index contributed by atoms with van der Waals surface area (Å²) in [5.41, 5.74) is 0. The van der Waals surface area contributed by atoms with Crippen molar-refractivity contribution in [3.63, 3.8) is 0 Å². The molecule has 100 valence electrons. The van der Waals surface area contributed by atoms with Crippen LogP contribution in [0.1, 0.15) is 40.0 Å². The van der Waals surface area contributed by atoms with E-state index in [-0.39, 0.29) is 12.5 Å². The van der Waals surface area contributed by atoms with Crippen LogP contribution in [0, 0.1) is 0 Å². The van der Waals surface area contributed by atoms with E-state index in [2.05, 4.69) is 23.6 Å². The molecule has 1 N–H and O–H groups in total. The van der Waals surface area contributed by atoms with Crippen LogP contribution in [0.25, 0.3) is 0 Å². The lowest BCUT2D eigenvalue weighted by atomic mass is 10.0. The van der Waals surface area contributed by atoms with Crippen LogP contribution in [0.2, 0.25) is 0 Å². The molecule has 1 atom stereocenters. The summed E-state index contributed by atoms with van der Waals surface area (Å²) in [7, 11) is 0. The molecule has 0 aromatic heterocycles. The van der Waals surface area contributed by atoms with Crippen LogP contribution in [0.15, 0.2) is 0 Å². The largest absolute Gasteiger partial charge is 0.481 e. The summed E-state index contributed by atoms with van der Waals surface area (Å²) in [5, 5.41) is 8.87. The maximum Gasteiger partial charge on any atom is 0.304 e. The molecule has 0 radical (unpaired) electrons. The molecule has 1 aliphatic heterocycles. The van der Waals surface area contributed by atoms with Gasteiger partial charge in [-0.2, -0.15) is 0 Å². The molecule has 1 rings (SSSR count). The second kappa shape index (κ2) is 6.97. The Morgan fingerprint density at radius 1 is 1.41 bits per heavy atom. The minimum Gasteiger partial charge on any atom is -0.481 e. The van der Waals surface area contributed by atoms with Crippen LogP contribution >= 0.6 is 0 Å². The van der Waals surface area contributed by atoms with Crippen LogP contribution in [0.5, 0.6) is 0 Å². The number of piperidine rings is 1. The maximum atomic E-state index is 10.8. The van der Waals surface area contributed by atoms with E-state index in [1.807, 2.05) is 6.92 Å². The molecular weight excluding hydrogens is 216 g/mol. The smallest absolute Gasteiger partial charge is 0.304 e. The monoisotopic (exact) mass is 242 g/mol. The van der Waals surface area contributed by atoms with Gasteiger partial charge in [-0.25, -0.2) is 0 Å². The lowest BCUT2D eigenvalue weighted by Gasteiger charge is -2.40. The molecule has 0 bridgehead atoms. The summed E-state index contributed by atoms with van der Waals surface area (Å²) in [5.74, 6) is -0.693. The predicted molar refractivity (Wildman–Crippen MR) is 69.2 cm³/mol. The fourth-order valence-corrected chi connectivity index (χ4v) is 2.87. The number of aliphatic carboxylic acids is 1. The number of rotatable bonds is 6. The molecular formula is C13H26N2O2. The lowest BCUT2D eigenvalue weighted by Crippen LogP contribution is -2.48. The summed E-state index contributed by atoms with van der Waals surface area (Å²) < 4.78 is 0. The van der Waals surface area contributed by atoms with Gasteiger partial charge in [-0.1, -0.05) is 13.8 Å². The van der Waals surface area contributed by atoms with Gasteiger partial charge in [0.15, 0.2) is 0 Å². The van der Waals surface area contributed by atoms with Crippen molar-refractivity contribution in [1.82, 2.24) is 9.80 Å². The van der Waals surface area contributed by atoms with E-state index in [9.17, 15) is 4.79 Å². The van der Waals surface area contributed by atoms with Gasteiger partial charge in [0.1, 0.15) is 0 Å². The van der Waals surface area contributed by atoms with Gasteiger partial charge in [0.2, 0.25) is 0 Å². The minimum absolute atomic E-state index is 0.149. The van der Waals surface area contributed by atoms with Crippen molar-refractivity contribution in [2.75, 3.05) is 26.2 Å². The van der Waals surface area contributed by atoms with E-state index in [0.29, 0.717) is 6.04 Å². The van der Waals surface area contributed by atoms with Crippen molar-refractivity contribution in [2.45, 2.75) is 52.1 Å². The summed E-state index contributed by atoms with van der Waals surface area (Å²) in [4.78, 5) is 15.6. The average Bonchev–Trinajstić information content (AvgIpc) is 2.30. The molecule has 4 nitrogen and oxygen atoms in total. The first-order chi connectivity index (χ1) is 8.08. The topological polar surface area (TPSA) is 43.8 Å². The zero-order valence-electron chi connectivity index (χ0n) is 11.4. The van der Waals surface area contributed by atoms with E-state index in [0.717, 1.165) is 26.2 Å². The molecule has 0 spiro atoms. The third-order valence-electron chi connectivity index (χ3n) is 3.87. The molecule has 0 amide bonds. The van der Waals surface area contributed by atoms with Gasteiger partial charge in [0.25, 0.3) is 0 Å². The molecule has 0 aromatic rings. The van der Waals surface area contributed by atoms with Crippen molar-refractivity contribution >= 4 is 5.97 Å².